The van der Waals surface area contributed by atoms with Crippen LogP contribution in [0, 0.1) is 5.41 Å². The molecule has 10 nitrogen and oxygen atoms in total. The van der Waals surface area contributed by atoms with E-state index in [9.17, 15) is 24.6 Å². The molecule has 0 saturated heterocycles. The zero-order chi connectivity index (χ0) is 27.3. The Balaban J connectivity index is 2.11. The Morgan fingerprint density at radius 3 is 2.11 bits per heavy atom. The lowest BCUT2D eigenvalue weighted by Crippen LogP contribution is -2.79. The number of hydrogen-bond donors (Lipinski definition) is 5. The van der Waals surface area contributed by atoms with Gasteiger partial charge in [-0.3, -0.25) is 20.3 Å². The van der Waals surface area contributed by atoms with E-state index >= 15 is 0 Å². The summed E-state index contributed by atoms with van der Waals surface area (Å²) in [6, 6.07) is 4.10. The van der Waals surface area contributed by atoms with Crippen LogP contribution in [0.5, 0.6) is 0 Å². The minimum Gasteiger partial charge on any atom is -0.465 e. The first-order valence-electron chi connectivity index (χ1n) is 11.6. The van der Waals surface area contributed by atoms with Gasteiger partial charge in [0.25, 0.3) is 0 Å². The van der Waals surface area contributed by atoms with Gasteiger partial charge in [0, 0.05) is 39.6 Å². The average molecular weight is 540 g/mol. The van der Waals surface area contributed by atoms with Gasteiger partial charge >= 0.3 is 12.2 Å². The van der Waals surface area contributed by atoms with Gasteiger partial charge in [0.1, 0.15) is 0 Å². The lowest BCUT2D eigenvalue weighted by atomic mass is 9.82. The third-order valence-corrected chi connectivity index (χ3v) is 7.51. The molecule has 2 aromatic rings. The van der Waals surface area contributed by atoms with Gasteiger partial charge in [-0.1, -0.05) is 20.8 Å². The van der Waals surface area contributed by atoms with Crippen molar-refractivity contribution in [1.29, 1.82) is 0 Å². The van der Waals surface area contributed by atoms with Crippen molar-refractivity contribution >= 4 is 45.9 Å². The predicted molar refractivity (Wildman–Crippen MR) is 143 cm³/mol. The van der Waals surface area contributed by atoms with E-state index in [4.69, 9.17) is 0 Å². The summed E-state index contributed by atoms with van der Waals surface area (Å²) in [6.07, 6.45) is -0.366. The molecule has 0 aliphatic rings. The third kappa shape index (κ3) is 7.65. The Kier molecular flexibility index (Phi) is 9.49. The Morgan fingerprint density at radius 1 is 1.00 bits per heavy atom. The number of amides is 3. The molecule has 0 radical (unpaired) electrons. The molecule has 0 fully saturated rings. The molecule has 0 spiro atoms. The van der Waals surface area contributed by atoms with Crippen LogP contribution in [0.2, 0.25) is 0 Å². The number of thiophene rings is 1. The van der Waals surface area contributed by atoms with E-state index in [0.717, 1.165) is 28.3 Å². The van der Waals surface area contributed by atoms with Gasteiger partial charge in [0.05, 0.1) is 5.69 Å². The van der Waals surface area contributed by atoms with Crippen LogP contribution in [0.1, 0.15) is 63.9 Å². The number of aromatic nitrogens is 1. The van der Waals surface area contributed by atoms with Gasteiger partial charge in [-0.2, -0.15) is 0 Å². The highest BCUT2D eigenvalue weighted by atomic mass is 32.1. The molecular weight excluding hydrogens is 502 g/mol. The third-order valence-electron chi connectivity index (χ3n) is 5.50. The Morgan fingerprint density at radius 2 is 1.61 bits per heavy atom. The summed E-state index contributed by atoms with van der Waals surface area (Å²) in [5, 5.41) is 30.7. The van der Waals surface area contributed by atoms with Crippen LogP contribution in [0.25, 0.3) is 0 Å². The number of nitrogens with one attached hydrogen (secondary N) is 3. The molecule has 0 saturated carbocycles. The monoisotopic (exact) mass is 539 g/mol. The second-order valence-electron chi connectivity index (χ2n) is 10.5. The number of rotatable bonds is 10. The Labute approximate surface area is 220 Å². The number of carboxylic acid groups (broad SMARTS) is 2. The summed E-state index contributed by atoms with van der Waals surface area (Å²) in [7, 11) is 0. The van der Waals surface area contributed by atoms with E-state index in [-0.39, 0.29) is 5.91 Å². The summed E-state index contributed by atoms with van der Waals surface area (Å²) in [5.41, 5.74) is -0.757. The molecule has 0 aliphatic heterocycles. The number of nitrogens with zero attached hydrogens (tertiary/aromatic N) is 2. The summed E-state index contributed by atoms with van der Waals surface area (Å²) in [6.45, 7) is 12.4. The van der Waals surface area contributed by atoms with E-state index in [1.54, 1.807) is 52.9 Å². The standard InChI is InChI=1S/C24H37N5O5S2/c1-15(30)26-19-27-16(14-35-19)8-9-17-10-11-18(36-17)12-13-25-24(22(2,3)4,28-20(31)32)29(21(33)34)23(5,6)7/h10-11,14,25,28H,8-9,12-13H2,1-7H3,(H,31,32)(H,33,34)(H,26,27,30). The molecule has 12 heteroatoms. The summed E-state index contributed by atoms with van der Waals surface area (Å²) < 4.78 is 0. The number of thiazole rings is 1. The van der Waals surface area contributed by atoms with Crippen LogP contribution in [-0.4, -0.2) is 56.1 Å². The summed E-state index contributed by atoms with van der Waals surface area (Å²) in [5.74, 6) is -1.70. The molecule has 36 heavy (non-hydrogen) atoms. The first kappa shape index (κ1) is 29.5. The Hall–Kier alpha value is -2.70. The van der Waals surface area contributed by atoms with Crippen LogP contribution in [-0.2, 0) is 24.1 Å². The molecule has 2 aromatic heterocycles. The van der Waals surface area contributed by atoms with E-state index in [2.05, 4.69) is 27.0 Å². The Bertz CT molecular complexity index is 1070. The minimum absolute atomic E-state index is 0.143. The highest BCUT2D eigenvalue weighted by molar-refractivity contribution is 7.14. The predicted octanol–water partition coefficient (Wildman–Crippen LogP) is 4.83. The zero-order valence-electron chi connectivity index (χ0n) is 21.9. The van der Waals surface area contributed by atoms with Crippen LogP contribution in [0.15, 0.2) is 17.5 Å². The number of aryl methyl sites for hydroxylation is 2. The number of anilines is 1. The fraction of sp³-hybridized carbons (Fsp3) is 0.583. The van der Waals surface area contributed by atoms with Gasteiger partial charge in [-0.05, 0) is 52.2 Å². The molecule has 0 aromatic carbocycles. The molecule has 0 aliphatic carbocycles. The first-order chi connectivity index (χ1) is 16.5. The fourth-order valence-electron chi connectivity index (χ4n) is 3.99. The van der Waals surface area contributed by atoms with E-state index < -0.39 is 28.9 Å². The number of hydrogen-bond acceptors (Lipinski definition) is 7. The largest absolute Gasteiger partial charge is 0.465 e. The highest BCUT2D eigenvalue weighted by Gasteiger charge is 2.54. The molecule has 0 bridgehead atoms. The van der Waals surface area contributed by atoms with E-state index in [1.807, 2.05) is 11.4 Å². The van der Waals surface area contributed by atoms with Crippen LogP contribution < -0.4 is 16.0 Å². The second kappa shape index (κ2) is 11.6. The first-order valence-corrected chi connectivity index (χ1v) is 13.3. The van der Waals surface area contributed by atoms with E-state index in [1.165, 1.54) is 23.1 Å². The molecule has 5 N–H and O–H groups in total. The van der Waals surface area contributed by atoms with Crippen LogP contribution in [0.3, 0.4) is 0 Å². The maximum Gasteiger partial charge on any atom is 0.410 e. The van der Waals surface area contributed by atoms with Gasteiger partial charge in [0.2, 0.25) is 5.91 Å². The lowest BCUT2D eigenvalue weighted by molar-refractivity contribution is -0.114. The highest BCUT2D eigenvalue weighted by Crippen LogP contribution is 2.36. The van der Waals surface area contributed by atoms with Crippen molar-refractivity contribution in [3.63, 3.8) is 0 Å². The SMILES string of the molecule is CC(=O)Nc1nc(CCc2ccc(CCNC(NC(=O)O)(N(C(=O)O)C(C)(C)C)C(C)(C)C)s2)cs1. The van der Waals surface area contributed by atoms with Crippen molar-refractivity contribution in [1.82, 2.24) is 20.5 Å². The van der Waals surface area contributed by atoms with Gasteiger partial charge in [-0.25, -0.2) is 14.6 Å². The maximum absolute atomic E-state index is 12.3. The van der Waals surface area contributed by atoms with Gasteiger partial charge < -0.3 is 15.5 Å². The normalized spacial score (nSPS) is 13.6. The smallest absolute Gasteiger partial charge is 0.410 e. The second-order valence-corrected chi connectivity index (χ2v) is 12.7. The van der Waals surface area contributed by atoms with Gasteiger partial charge in [0.15, 0.2) is 10.9 Å². The van der Waals surface area contributed by atoms with Crippen LogP contribution in [0.4, 0.5) is 14.7 Å². The fourth-order valence-corrected chi connectivity index (χ4v) is 5.80. The maximum atomic E-state index is 12.3. The van der Waals surface area contributed by atoms with Crippen molar-refractivity contribution < 1.29 is 24.6 Å². The topological polar surface area (TPSA) is 144 Å². The van der Waals surface area contributed by atoms with Crippen molar-refractivity contribution in [2.24, 2.45) is 5.41 Å². The average Bonchev–Trinajstić information content (AvgIpc) is 3.32. The van der Waals surface area contributed by atoms with Gasteiger partial charge in [-0.15, -0.1) is 22.7 Å². The molecule has 1 unspecified atom stereocenters. The van der Waals surface area contributed by atoms with Crippen LogP contribution >= 0.6 is 22.7 Å². The quantitative estimate of drug-likeness (QED) is 0.272. The molecule has 200 valence electrons. The molecule has 2 heterocycles. The summed E-state index contributed by atoms with van der Waals surface area (Å²) >= 11 is 3.06. The molecular formula is C24H37N5O5S2. The molecule has 1 atom stereocenters. The van der Waals surface area contributed by atoms with E-state index in [0.29, 0.717) is 18.1 Å². The number of carbonyl (C=O) groups excluding carboxylic acids is 1. The molecule has 2 rings (SSSR count). The lowest BCUT2D eigenvalue weighted by Gasteiger charge is -2.55. The van der Waals surface area contributed by atoms with Crippen molar-refractivity contribution in [2.75, 3.05) is 11.9 Å². The molecule has 3 amide bonds. The van der Waals surface area contributed by atoms with Crippen molar-refractivity contribution in [3.8, 4) is 0 Å². The number of carbonyl (C=O) groups is 3. The summed E-state index contributed by atoms with van der Waals surface area (Å²) in [4.78, 5) is 43.2. The zero-order valence-corrected chi connectivity index (χ0v) is 23.5. The van der Waals surface area contributed by atoms with Crippen molar-refractivity contribution in [3.05, 3.63) is 33.0 Å². The minimum atomic E-state index is -1.56. The van der Waals surface area contributed by atoms with Crippen molar-refractivity contribution in [2.45, 2.75) is 79.1 Å².